The number of nitrogens with one attached hydrogen (secondary N) is 1. The minimum absolute atomic E-state index is 0.0959. The molecule has 0 aliphatic carbocycles. The van der Waals surface area contributed by atoms with Gasteiger partial charge in [-0.1, -0.05) is 6.07 Å². The Hall–Kier alpha value is -1.67. The van der Waals surface area contributed by atoms with Gasteiger partial charge in [0.05, 0.1) is 19.3 Å². The minimum atomic E-state index is -3.28. The monoisotopic (exact) mass is 344 g/mol. The molecule has 6 nitrogen and oxygen atoms in total. The number of hydrogen-bond donors (Lipinski definition) is 1. The van der Waals surface area contributed by atoms with Gasteiger partial charge in [-0.15, -0.1) is 0 Å². The maximum atomic E-state index is 13.0. The van der Waals surface area contributed by atoms with Crippen molar-refractivity contribution in [1.82, 2.24) is 9.62 Å². The molecule has 8 heteroatoms. The lowest BCUT2D eigenvalue weighted by molar-refractivity contribution is -0.133. The number of amides is 1. The zero-order chi connectivity index (χ0) is 16.9. The molecule has 23 heavy (non-hydrogen) atoms. The highest BCUT2D eigenvalue weighted by Crippen LogP contribution is 2.14. The molecule has 1 saturated heterocycles. The van der Waals surface area contributed by atoms with E-state index in [0.29, 0.717) is 18.8 Å². The summed E-state index contributed by atoms with van der Waals surface area (Å²) in [6.07, 6.45) is 2.75. The summed E-state index contributed by atoms with van der Waals surface area (Å²) in [4.78, 5) is 13.8. The van der Waals surface area contributed by atoms with Gasteiger partial charge in [0, 0.05) is 25.2 Å². The highest BCUT2D eigenvalue weighted by Gasteiger charge is 2.25. The molecule has 0 radical (unpaired) electrons. The molecule has 0 bridgehead atoms. The molecule has 1 unspecified atom stereocenters. The fourth-order valence-corrected chi connectivity index (χ4v) is 3.37. The number of carbonyl (C=O) groups excluding carboxylic acids is 1. The van der Waals surface area contributed by atoms with Gasteiger partial charge in [-0.05, 0) is 25.0 Å². The SMILES string of the molecule is CS(=O)(=O)NC1CCCN(C(=O)CCOc2cccc(F)c2)C1. The van der Waals surface area contributed by atoms with Crippen LogP contribution < -0.4 is 9.46 Å². The molecule has 1 aliphatic heterocycles. The molecule has 1 aromatic rings. The first-order valence-corrected chi connectivity index (χ1v) is 9.36. The number of rotatable bonds is 6. The van der Waals surface area contributed by atoms with Crippen molar-refractivity contribution in [3.8, 4) is 5.75 Å². The Morgan fingerprint density at radius 3 is 2.96 bits per heavy atom. The summed E-state index contributed by atoms with van der Waals surface area (Å²) >= 11 is 0. The van der Waals surface area contributed by atoms with Crippen LogP contribution in [0.1, 0.15) is 19.3 Å². The van der Waals surface area contributed by atoms with Gasteiger partial charge in [-0.2, -0.15) is 0 Å². The van der Waals surface area contributed by atoms with E-state index in [1.54, 1.807) is 17.0 Å². The van der Waals surface area contributed by atoms with Crippen molar-refractivity contribution < 1.29 is 22.3 Å². The van der Waals surface area contributed by atoms with Gasteiger partial charge in [0.25, 0.3) is 0 Å². The average molecular weight is 344 g/mol. The first-order chi connectivity index (χ1) is 10.8. The highest BCUT2D eigenvalue weighted by molar-refractivity contribution is 7.88. The quantitative estimate of drug-likeness (QED) is 0.839. The van der Waals surface area contributed by atoms with Crippen molar-refractivity contribution in [2.45, 2.75) is 25.3 Å². The van der Waals surface area contributed by atoms with Crippen molar-refractivity contribution in [2.24, 2.45) is 0 Å². The van der Waals surface area contributed by atoms with Crippen molar-refractivity contribution in [1.29, 1.82) is 0 Å². The summed E-state index contributed by atoms with van der Waals surface area (Å²) in [6.45, 7) is 1.13. The van der Waals surface area contributed by atoms with E-state index in [9.17, 15) is 17.6 Å². The number of nitrogens with zero attached hydrogens (tertiary/aromatic N) is 1. The Labute approximate surface area is 135 Å². The molecule has 1 heterocycles. The van der Waals surface area contributed by atoms with Crippen LogP contribution >= 0.6 is 0 Å². The number of piperidine rings is 1. The van der Waals surface area contributed by atoms with Gasteiger partial charge in [0.15, 0.2) is 0 Å². The number of ether oxygens (including phenoxy) is 1. The lowest BCUT2D eigenvalue weighted by Crippen LogP contribution is -2.49. The van der Waals surface area contributed by atoms with Crippen molar-refractivity contribution in [2.75, 3.05) is 26.0 Å². The van der Waals surface area contributed by atoms with Crippen LogP contribution in [0.25, 0.3) is 0 Å². The normalized spacial score (nSPS) is 18.7. The van der Waals surface area contributed by atoms with E-state index in [2.05, 4.69) is 4.72 Å². The van der Waals surface area contributed by atoms with E-state index in [-0.39, 0.29) is 30.8 Å². The van der Waals surface area contributed by atoms with Crippen LogP contribution in [-0.2, 0) is 14.8 Å². The Morgan fingerprint density at radius 2 is 2.26 bits per heavy atom. The summed E-state index contributed by atoms with van der Waals surface area (Å²) in [6, 6.07) is 5.50. The fraction of sp³-hybridized carbons (Fsp3) is 0.533. The average Bonchev–Trinajstić information content (AvgIpc) is 2.45. The van der Waals surface area contributed by atoms with Crippen LogP contribution in [0.4, 0.5) is 4.39 Å². The van der Waals surface area contributed by atoms with Crippen LogP contribution in [0.3, 0.4) is 0 Å². The molecule has 2 rings (SSSR count). The summed E-state index contributed by atoms with van der Waals surface area (Å²) in [7, 11) is -3.28. The number of carbonyl (C=O) groups is 1. The molecule has 128 valence electrons. The molecule has 1 aliphatic rings. The maximum Gasteiger partial charge on any atom is 0.226 e. The molecular weight excluding hydrogens is 323 g/mol. The number of sulfonamides is 1. The molecule has 1 N–H and O–H groups in total. The molecule has 1 aromatic carbocycles. The van der Waals surface area contributed by atoms with Crippen LogP contribution in [0.15, 0.2) is 24.3 Å². The zero-order valence-electron chi connectivity index (χ0n) is 13.0. The molecule has 1 amide bonds. The van der Waals surface area contributed by atoms with E-state index in [4.69, 9.17) is 4.74 Å². The topological polar surface area (TPSA) is 75.7 Å². The molecule has 1 atom stereocenters. The minimum Gasteiger partial charge on any atom is -0.493 e. The second-order valence-electron chi connectivity index (χ2n) is 5.62. The van der Waals surface area contributed by atoms with Gasteiger partial charge >= 0.3 is 0 Å². The molecule has 0 aromatic heterocycles. The van der Waals surface area contributed by atoms with E-state index in [1.165, 1.54) is 12.1 Å². The van der Waals surface area contributed by atoms with Crippen LogP contribution in [0.5, 0.6) is 5.75 Å². The standard InChI is InChI=1S/C15H21FN2O4S/c1-23(20,21)17-13-5-3-8-18(11-13)15(19)7-9-22-14-6-2-4-12(16)10-14/h2,4,6,10,13,17H,3,5,7-9,11H2,1H3. The third kappa shape index (κ3) is 6.15. The largest absolute Gasteiger partial charge is 0.493 e. The highest BCUT2D eigenvalue weighted by atomic mass is 32.2. The molecular formula is C15H21FN2O4S. The molecule has 1 fully saturated rings. The lowest BCUT2D eigenvalue weighted by atomic mass is 10.1. The van der Waals surface area contributed by atoms with E-state index in [1.807, 2.05) is 0 Å². The third-order valence-corrected chi connectivity index (χ3v) is 4.30. The van der Waals surface area contributed by atoms with E-state index < -0.39 is 10.0 Å². The van der Waals surface area contributed by atoms with Gasteiger partial charge < -0.3 is 9.64 Å². The van der Waals surface area contributed by atoms with E-state index in [0.717, 1.165) is 19.1 Å². The first kappa shape index (κ1) is 17.7. The van der Waals surface area contributed by atoms with Gasteiger partial charge in [-0.3, -0.25) is 4.79 Å². The lowest BCUT2D eigenvalue weighted by Gasteiger charge is -2.32. The number of hydrogen-bond acceptors (Lipinski definition) is 4. The number of halogens is 1. The summed E-state index contributed by atoms with van der Waals surface area (Å²) < 4.78 is 43.4. The fourth-order valence-electron chi connectivity index (χ4n) is 2.57. The summed E-state index contributed by atoms with van der Waals surface area (Å²) in [5.74, 6) is -0.103. The first-order valence-electron chi connectivity index (χ1n) is 7.47. The Balaban J connectivity index is 1.78. The van der Waals surface area contributed by atoms with Gasteiger partial charge in [0.1, 0.15) is 11.6 Å². The predicted octanol–water partition coefficient (Wildman–Crippen LogP) is 1.13. The van der Waals surface area contributed by atoms with Crippen LogP contribution in [-0.4, -0.2) is 51.2 Å². The second-order valence-corrected chi connectivity index (χ2v) is 7.40. The maximum absolute atomic E-state index is 13.0. The van der Waals surface area contributed by atoms with Gasteiger partial charge in [0.2, 0.25) is 15.9 Å². The Kier molecular flexibility index (Phi) is 5.95. The number of benzene rings is 1. The zero-order valence-corrected chi connectivity index (χ0v) is 13.8. The Bertz CT molecular complexity index is 651. The number of likely N-dealkylation sites (tertiary alicyclic amines) is 1. The van der Waals surface area contributed by atoms with E-state index >= 15 is 0 Å². The molecule has 0 saturated carbocycles. The smallest absolute Gasteiger partial charge is 0.226 e. The summed E-state index contributed by atoms with van der Waals surface area (Å²) in [5.41, 5.74) is 0. The van der Waals surface area contributed by atoms with Gasteiger partial charge in [-0.25, -0.2) is 17.5 Å². The second kappa shape index (κ2) is 7.74. The van der Waals surface area contributed by atoms with Crippen LogP contribution in [0.2, 0.25) is 0 Å². The van der Waals surface area contributed by atoms with Crippen molar-refractivity contribution >= 4 is 15.9 Å². The molecule has 0 spiro atoms. The van der Waals surface area contributed by atoms with Crippen molar-refractivity contribution in [3.63, 3.8) is 0 Å². The van der Waals surface area contributed by atoms with Crippen LogP contribution in [0, 0.1) is 5.82 Å². The third-order valence-electron chi connectivity index (χ3n) is 3.54. The van der Waals surface area contributed by atoms with Crippen molar-refractivity contribution in [3.05, 3.63) is 30.1 Å². The predicted molar refractivity (Wildman–Crippen MR) is 84.1 cm³/mol. The Morgan fingerprint density at radius 1 is 1.48 bits per heavy atom. The summed E-state index contributed by atoms with van der Waals surface area (Å²) in [5, 5.41) is 0.